The van der Waals surface area contributed by atoms with Crippen molar-refractivity contribution in [1.29, 1.82) is 0 Å². The summed E-state index contributed by atoms with van der Waals surface area (Å²) in [5.74, 6) is -0.0383. The first kappa shape index (κ1) is 11.2. The van der Waals surface area contributed by atoms with Gasteiger partial charge in [0.25, 0.3) is 5.91 Å². The van der Waals surface area contributed by atoms with Crippen LogP contribution in [0.25, 0.3) is 0 Å². The number of carbonyl (C=O) groups excluding carboxylic acids is 1. The average molecular weight is 231 g/mol. The zero-order chi connectivity index (χ0) is 12.4. The molecule has 2 aromatic rings. The number of amides is 1. The van der Waals surface area contributed by atoms with Crippen LogP contribution in [0.5, 0.6) is 0 Å². The van der Waals surface area contributed by atoms with Crippen molar-refractivity contribution in [2.24, 2.45) is 0 Å². The summed E-state index contributed by atoms with van der Waals surface area (Å²) in [6.45, 7) is 1.76. The number of nitrogens with two attached hydrogens (primary N) is 1. The Morgan fingerprint density at radius 3 is 2.76 bits per heavy atom. The number of nitrogens with zero attached hydrogens (tertiary/aromatic N) is 2. The van der Waals surface area contributed by atoms with Crippen LogP contribution in [0.4, 0.5) is 11.4 Å². The highest BCUT2D eigenvalue weighted by molar-refractivity contribution is 6.03. The van der Waals surface area contributed by atoms with Crippen LogP contribution in [0.2, 0.25) is 0 Å². The number of carbonyl (C=O) groups is 1. The third kappa shape index (κ3) is 2.28. The smallest absolute Gasteiger partial charge is 0.296 e. The molecule has 1 heterocycles. The molecule has 0 saturated heterocycles. The number of rotatable bonds is 2. The minimum atomic E-state index is -0.254. The van der Waals surface area contributed by atoms with Crippen LogP contribution in [0, 0.1) is 6.92 Å². The highest BCUT2D eigenvalue weighted by atomic mass is 16.5. The van der Waals surface area contributed by atoms with Crippen molar-refractivity contribution in [3.63, 3.8) is 0 Å². The highest BCUT2D eigenvalue weighted by Gasteiger charge is 2.17. The summed E-state index contributed by atoms with van der Waals surface area (Å²) < 4.78 is 4.93. The fraction of sp³-hybridized carbons (Fsp3) is 0.167. The number of nitrogen functional groups attached to an aromatic ring is 1. The van der Waals surface area contributed by atoms with Crippen molar-refractivity contribution in [3.8, 4) is 0 Å². The summed E-state index contributed by atoms with van der Waals surface area (Å²) in [6, 6.07) is 8.68. The molecule has 0 saturated carbocycles. The van der Waals surface area contributed by atoms with E-state index in [-0.39, 0.29) is 11.7 Å². The van der Waals surface area contributed by atoms with Crippen molar-refractivity contribution >= 4 is 17.3 Å². The van der Waals surface area contributed by atoms with Crippen molar-refractivity contribution in [2.75, 3.05) is 17.7 Å². The van der Waals surface area contributed by atoms with Crippen LogP contribution in [0.15, 0.2) is 34.9 Å². The fourth-order valence-electron chi connectivity index (χ4n) is 1.48. The molecule has 0 unspecified atom stereocenters. The van der Waals surface area contributed by atoms with E-state index in [0.717, 1.165) is 0 Å². The van der Waals surface area contributed by atoms with E-state index < -0.39 is 0 Å². The van der Waals surface area contributed by atoms with Crippen LogP contribution < -0.4 is 10.6 Å². The third-order valence-electron chi connectivity index (χ3n) is 2.40. The number of aromatic nitrogens is 1. The van der Waals surface area contributed by atoms with Gasteiger partial charge in [0.15, 0.2) is 0 Å². The molecule has 5 nitrogen and oxygen atoms in total. The fourth-order valence-corrected chi connectivity index (χ4v) is 1.48. The van der Waals surface area contributed by atoms with E-state index in [2.05, 4.69) is 5.16 Å². The first-order valence-electron chi connectivity index (χ1n) is 5.15. The van der Waals surface area contributed by atoms with Gasteiger partial charge in [-0.25, -0.2) is 0 Å². The van der Waals surface area contributed by atoms with Crippen LogP contribution in [-0.2, 0) is 0 Å². The molecule has 0 fully saturated rings. The van der Waals surface area contributed by atoms with Gasteiger partial charge in [-0.3, -0.25) is 4.79 Å². The Morgan fingerprint density at radius 2 is 2.18 bits per heavy atom. The predicted molar refractivity (Wildman–Crippen MR) is 64.8 cm³/mol. The second kappa shape index (κ2) is 4.29. The van der Waals surface area contributed by atoms with Gasteiger partial charge >= 0.3 is 0 Å². The molecule has 2 N–H and O–H groups in total. The number of hydrogen-bond acceptors (Lipinski definition) is 4. The van der Waals surface area contributed by atoms with Gasteiger partial charge in [-0.05, 0) is 25.1 Å². The van der Waals surface area contributed by atoms with Gasteiger partial charge in [-0.15, -0.1) is 0 Å². The minimum absolute atomic E-state index is 0.215. The summed E-state index contributed by atoms with van der Waals surface area (Å²) in [7, 11) is 1.66. The molecule has 0 atom stereocenters. The Kier molecular flexibility index (Phi) is 2.82. The van der Waals surface area contributed by atoms with Crippen LogP contribution in [0.1, 0.15) is 16.2 Å². The molecule has 0 bridgehead atoms. The lowest BCUT2D eigenvalue weighted by atomic mass is 10.2. The molecule has 0 radical (unpaired) electrons. The first-order chi connectivity index (χ1) is 8.08. The molecule has 17 heavy (non-hydrogen) atoms. The summed E-state index contributed by atoms with van der Waals surface area (Å²) in [4.78, 5) is 13.5. The van der Waals surface area contributed by atoms with Gasteiger partial charge in [-0.1, -0.05) is 11.2 Å². The second-order valence-corrected chi connectivity index (χ2v) is 3.79. The Morgan fingerprint density at radius 1 is 1.41 bits per heavy atom. The molecule has 0 spiro atoms. The van der Waals surface area contributed by atoms with E-state index in [9.17, 15) is 4.79 Å². The summed E-state index contributed by atoms with van der Waals surface area (Å²) >= 11 is 0. The van der Waals surface area contributed by atoms with E-state index in [1.807, 2.05) is 0 Å². The molecule has 1 amide bonds. The average Bonchev–Trinajstić information content (AvgIpc) is 2.74. The number of aryl methyl sites for hydroxylation is 1. The van der Waals surface area contributed by atoms with Crippen LogP contribution in [0.3, 0.4) is 0 Å². The Bertz CT molecular complexity index is 548. The zero-order valence-corrected chi connectivity index (χ0v) is 9.68. The SMILES string of the molecule is Cc1cc(C(=O)N(C)c2cccc(N)c2)on1. The van der Waals surface area contributed by atoms with Crippen LogP contribution in [-0.4, -0.2) is 18.1 Å². The van der Waals surface area contributed by atoms with Gasteiger partial charge in [0.2, 0.25) is 5.76 Å². The Balaban J connectivity index is 2.26. The lowest BCUT2D eigenvalue weighted by Gasteiger charge is -2.15. The Hall–Kier alpha value is -2.30. The number of hydrogen-bond donors (Lipinski definition) is 1. The van der Waals surface area contributed by atoms with Gasteiger partial charge in [-0.2, -0.15) is 0 Å². The molecule has 0 aliphatic heterocycles. The maximum absolute atomic E-state index is 12.0. The van der Waals surface area contributed by atoms with E-state index >= 15 is 0 Å². The molecule has 0 aliphatic rings. The molecule has 1 aromatic heterocycles. The molecule has 2 rings (SSSR count). The molecule has 5 heteroatoms. The minimum Gasteiger partial charge on any atom is -0.399 e. The van der Waals surface area contributed by atoms with E-state index in [1.54, 1.807) is 44.3 Å². The molecular weight excluding hydrogens is 218 g/mol. The van der Waals surface area contributed by atoms with Crippen molar-refractivity contribution in [2.45, 2.75) is 6.92 Å². The largest absolute Gasteiger partial charge is 0.399 e. The van der Waals surface area contributed by atoms with Gasteiger partial charge in [0.1, 0.15) is 0 Å². The lowest BCUT2D eigenvalue weighted by Crippen LogP contribution is -2.25. The normalized spacial score (nSPS) is 10.2. The lowest BCUT2D eigenvalue weighted by molar-refractivity contribution is 0.0957. The van der Waals surface area contributed by atoms with Crippen molar-refractivity contribution in [3.05, 3.63) is 41.8 Å². The molecule has 88 valence electrons. The van der Waals surface area contributed by atoms with E-state index in [4.69, 9.17) is 10.3 Å². The molecule has 1 aromatic carbocycles. The van der Waals surface area contributed by atoms with E-state index in [0.29, 0.717) is 17.1 Å². The second-order valence-electron chi connectivity index (χ2n) is 3.79. The van der Waals surface area contributed by atoms with Gasteiger partial charge < -0.3 is 15.2 Å². The van der Waals surface area contributed by atoms with E-state index in [1.165, 1.54) is 4.90 Å². The predicted octanol–water partition coefficient (Wildman–Crippen LogP) is 1.84. The zero-order valence-electron chi connectivity index (χ0n) is 9.68. The van der Waals surface area contributed by atoms with Crippen LogP contribution >= 0.6 is 0 Å². The Labute approximate surface area is 98.8 Å². The quantitative estimate of drug-likeness (QED) is 0.800. The maximum atomic E-state index is 12.0. The monoisotopic (exact) mass is 231 g/mol. The highest BCUT2D eigenvalue weighted by Crippen LogP contribution is 2.18. The van der Waals surface area contributed by atoms with Gasteiger partial charge in [0.05, 0.1) is 5.69 Å². The van der Waals surface area contributed by atoms with Crippen molar-refractivity contribution in [1.82, 2.24) is 5.16 Å². The standard InChI is InChI=1S/C12H13N3O2/c1-8-6-11(17-14-8)12(16)15(2)10-5-3-4-9(13)7-10/h3-7H,13H2,1-2H3. The summed E-state index contributed by atoms with van der Waals surface area (Å²) in [6.07, 6.45) is 0. The summed E-state index contributed by atoms with van der Waals surface area (Å²) in [5.41, 5.74) is 7.66. The van der Waals surface area contributed by atoms with Crippen molar-refractivity contribution < 1.29 is 9.32 Å². The van der Waals surface area contributed by atoms with Gasteiger partial charge in [0, 0.05) is 24.5 Å². The maximum Gasteiger partial charge on any atom is 0.296 e. The summed E-state index contributed by atoms with van der Waals surface area (Å²) in [5, 5.41) is 3.68. The third-order valence-corrected chi connectivity index (χ3v) is 2.40. The number of anilines is 2. The first-order valence-corrected chi connectivity index (χ1v) is 5.15. The number of benzene rings is 1. The molecular formula is C12H13N3O2. The topological polar surface area (TPSA) is 72.4 Å². The molecule has 0 aliphatic carbocycles.